The van der Waals surface area contributed by atoms with Gasteiger partial charge in [0.1, 0.15) is 0 Å². The molecular weight excluding hydrogens is 432 g/mol. The number of anilines is 1. The SMILES string of the molecule is Cc1nn(-c2ccccc2)c(C)c1NC(=O)CSc1nnc(-c2ccc(Cl)cc2)n1C. The minimum Gasteiger partial charge on any atom is -0.322 e. The van der Waals surface area contributed by atoms with Crippen LogP contribution < -0.4 is 5.32 Å². The van der Waals surface area contributed by atoms with Crippen LogP contribution in [0.15, 0.2) is 59.8 Å². The average molecular weight is 453 g/mol. The molecule has 0 aliphatic carbocycles. The Morgan fingerprint density at radius 3 is 2.48 bits per heavy atom. The Bertz CT molecular complexity index is 1220. The molecule has 7 nitrogen and oxygen atoms in total. The van der Waals surface area contributed by atoms with Crippen LogP contribution in [0.25, 0.3) is 17.1 Å². The van der Waals surface area contributed by atoms with E-state index in [4.69, 9.17) is 11.6 Å². The van der Waals surface area contributed by atoms with Crippen molar-refractivity contribution < 1.29 is 4.79 Å². The van der Waals surface area contributed by atoms with E-state index in [0.717, 1.165) is 34.2 Å². The number of nitrogens with one attached hydrogen (secondary N) is 1. The highest BCUT2D eigenvalue weighted by Crippen LogP contribution is 2.25. The molecule has 4 rings (SSSR count). The molecule has 2 aromatic carbocycles. The first kappa shape index (κ1) is 21.1. The third-order valence-electron chi connectivity index (χ3n) is 4.83. The largest absolute Gasteiger partial charge is 0.322 e. The molecule has 0 spiro atoms. The van der Waals surface area contributed by atoms with E-state index < -0.39 is 0 Å². The fourth-order valence-corrected chi connectivity index (χ4v) is 4.08. The first-order chi connectivity index (χ1) is 14.9. The zero-order chi connectivity index (χ0) is 22.0. The normalized spacial score (nSPS) is 11.0. The molecule has 0 atom stereocenters. The van der Waals surface area contributed by atoms with Crippen molar-refractivity contribution in [2.75, 3.05) is 11.1 Å². The highest BCUT2D eigenvalue weighted by atomic mass is 35.5. The number of benzene rings is 2. The molecule has 1 N–H and O–H groups in total. The molecule has 0 unspecified atom stereocenters. The van der Waals surface area contributed by atoms with Crippen molar-refractivity contribution in [2.45, 2.75) is 19.0 Å². The molecule has 9 heteroatoms. The molecule has 2 aromatic heterocycles. The number of amides is 1. The molecule has 0 fully saturated rings. The quantitative estimate of drug-likeness (QED) is 0.430. The number of carbonyl (C=O) groups excluding carboxylic acids is 1. The zero-order valence-corrected chi connectivity index (χ0v) is 18.9. The lowest BCUT2D eigenvalue weighted by Crippen LogP contribution is -2.15. The van der Waals surface area contributed by atoms with Crippen LogP contribution in [0.2, 0.25) is 5.02 Å². The van der Waals surface area contributed by atoms with Gasteiger partial charge in [-0.05, 0) is 50.2 Å². The maximum absolute atomic E-state index is 12.6. The second-order valence-corrected chi connectivity index (χ2v) is 8.38. The molecular formula is C22H21ClN6OS. The molecule has 4 aromatic rings. The standard InChI is InChI=1S/C22H21ClN6OS/c1-14-20(15(2)29(27-14)18-7-5-4-6-8-18)24-19(30)13-31-22-26-25-21(28(22)3)16-9-11-17(23)12-10-16/h4-12H,13H2,1-3H3,(H,24,30). The summed E-state index contributed by atoms with van der Waals surface area (Å²) >= 11 is 7.29. The van der Waals surface area contributed by atoms with Crippen LogP contribution in [0.4, 0.5) is 5.69 Å². The minimum absolute atomic E-state index is 0.125. The molecule has 1 amide bonds. The molecule has 158 valence electrons. The van der Waals surface area contributed by atoms with Gasteiger partial charge in [0.2, 0.25) is 5.91 Å². The fraction of sp³-hybridized carbons (Fsp3) is 0.182. The maximum Gasteiger partial charge on any atom is 0.234 e. The Kier molecular flexibility index (Phi) is 6.11. The van der Waals surface area contributed by atoms with Crippen LogP contribution >= 0.6 is 23.4 Å². The van der Waals surface area contributed by atoms with Crippen molar-refractivity contribution in [3.8, 4) is 17.1 Å². The zero-order valence-electron chi connectivity index (χ0n) is 17.3. The summed E-state index contributed by atoms with van der Waals surface area (Å²) in [5.41, 5.74) is 4.24. The van der Waals surface area contributed by atoms with Gasteiger partial charge in [-0.3, -0.25) is 4.79 Å². The van der Waals surface area contributed by atoms with E-state index in [2.05, 4.69) is 20.6 Å². The van der Waals surface area contributed by atoms with Crippen LogP contribution in [-0.2, 0) is 11.8 Å². The Labute approximate surface area is 189 Å². The molecule has 0 aliphatic heterocycles. The number of thioether (sulfide) groups is 1. The second-order valence-electron chi connectivity index (χ2n) is 7.00. The topological polar surface area (TPSA) is 77.6 Å². The van der Waals surface area contributed by atoms with Gasteiger partial charge in [0.15, 0.2) is 11.0 Å². The first-order valence-corrected chi connectivity index (χ1v) is 11.0. The van der Waals surface area contributed by atoms with Crippen LogP contribution in [-0.4, -0.2) is 36.2 Å². The summed E-state index contributed by atoms with van der Waals surface area (Å²) in [6.45, 7) is 3.83. The van der Waals surface area contributed by atoms with Gasteiger partial charge < -0.3 is 9.88 Å². The van der Waals surface area contributed by atoms with E-state index in [1.807, 2.05) is 84.7 Å². The predicted octanol–water partition coefficient (Wildman–Crippen LogP) is 4.67. The van der Waals surface area contributed by atoms with E-state index in [9.17, 15) is 4.79 Å². The van der Waals surface area contributed by atoms with Crippen molar-refractivity contribution in [3.63, 3.8) is 0 Å². The van der Waals surface area contributed by atoms with Crippen molar-refractivity contribution in [3.05, 3.63) is 71.0 Å². The van der Waals surface area contributed by atoms with Gasteiger partial charge in [0, 0.05) is 17.6 Å². The monoisotopic (exact) mass is 452 g/mol. The highest BCUT2D eigenvalue weighted by Gasteiger charge is 2.17. The lowest BCUT2D eigenvalue weighted by Gasteiger charge is -2.07. The number of hydrogen-bond acceptors (Lipinski definition) is 5. The number of nitrogens with zero attached hydrogens (tertiary/aromatic N) is 5. The van der Waals surface area contributed by atoms with Crippen molar-refractivity contribution >= 4 is 35.0 Å². The van der Waals surface area contributed by atoms with E-state index in [1.165, 1.54) is 11.8 Å². The summed E-state index contributed by atoms with van der Waals surface area (Å²) in [6.07, 6.45) is 0. The van der Waals surface area contributed by atoms with Crippen LogP contribution in [0, 0.1) is 13.8 Å². The van der Waals surface area contributed by atoms with Gasteiger partial charge in [-0.15, -0.1) is 10.2 Å². The molecule has 0 saturated carbocycles. The molecule has 2 heterocycles. The highest BCUT2D eigenvalue weighted by molar-refractivity contribution is 7.99. The van der Waals surface area contributed by atoms with Crippen molar-refractivity contribution in [1.82, 2.24) is 24.5 Å². The number of halogens is 1. The van der Waals surface area contributed by atoms with Gasteiger partial charge in [0.25, 0.3) is 0 Å². The third kappa shape index (κ3) is 4.50. The van der Waals surface area contributed by atoms with Gasteiger partial charge in [0.05, 0.1) is 28.5 Å². The van der Waals surface area contributed by atoms with Crippen LogP contribution in [0.3, 0.4) is 0 Å². The van der Waals surface area contributed by atoms with E-state index in [-0.39, 0.29) is 11.7 Å². The number of carbonyl (C=O) groups is 1. The summed E-state index contributed by atoms with van der Waals surface area (Å²) in [6, 6.07) is 17.2. The fourth-order valence-electron chi connectivity index (χ4n) is 3.24. The van der Waals surface area contributed by atoms with Gasteiger partial charge in [-0.25, -0.2) is 4.68 Å². The lowest BCUT2D eigenvalue weighted by molar-refractivity contribution is -0.113. The number of aromatic nitrogens is 5. The summed E-state index contributed by atoms with van der Waals surface area (Å²) < 4.78 is 3.70. The third-order valence-corrected chi connectivity index (χ3v) is 6.10. The van der Waals surface area contributed by atoms with E-state index >= 15 is 0 Å². The number of rotatable bonds is 6. The summed E-state index contributed by atoms with van der Waals surface area (Å²) in [5.74, 6) is 0.803. The summed E-state index contributed by atoms with van der Waals surface area (Å²) in [7, 11) is 1.88. The van der Waals surface area contributed by atoms with Crippen molar-refractivity contribution in [1.29, 1.82) is 0 Å². The second kappa shape index (κ2) is 8.95. The van der Waals surface area contributed by atoms with E-state index in [1.54, 1.807) is 0 Å². The Morgan fingerprint density at radius 1 is 1.06 bits per heavy atom. The molecule has 0 saturated heterocycles. The van der Waals surface area contributed by atoms with Gasteiger partial charge in [-0.2, -0.15) is 5.10 Å². The van der Waals surface area contributed by atoms with Gasteiger partial charge >= 0.3 is 0 Å². The Hall–Kier alpha value is -3.10. The molecule has 0 bridgehead atoms. The van der Waals surface area contributed by atoms with E-state index in [0.29, 0.717) is 10.2 Å². The Morgan fingerprint density at radius 2 is 1.77 bits per heavy atom. The van der Waals surface area contributed by atoms with Crippen LogP contribution in [0.1, 0.15) is 11.4 Å². The molecule has 0 aliphatic rings. The van der Waals surface area contributed by atoms with Gasteiger partial charge in [-0.1, -0.05) is 41.6 Å². The predicted molar refractivity (Wildman–Crippen MR) is 124 cm³/mol. The maximum atomic E-state index is 12.6. The Balaban J connectivity index is 1.44. The first-order valence-electron chi connectivity index (χ1n) is 9.63. The summed E-state index contributed by atoms with van der Waals surface area (Å²) in [4.78, 5) is 12.6. The molecule has 0 radical (unpaired) electrons. The smallest absolute Gasteiger partial charge is 0.234 e. The summed E-state index contributed by atoms with van der Waals surface area (Å²) in [5, 5.41) is 17.3. The minimum atomic E-state index is -0.125. The average Bonchev–Trinajstić information content (AvgIpc) is 3.28. The van der Waals surface area contributed by atoms with Crippen LogP contribution in [0.5, 0.6) is 0 Å². The number of para-hydroxylation sites is 1. The molecule has 31 heavy (non-hydrogen) atoms. The number of aryl methyl sites for hydroxylation is 1. The van der Waals surface area contributed by atoms with Crippen molar-refractivity contribution in [2.24, 2.45) is 7.05 Å². The lowest BCUT2D eigenvalue weighted by atomic mass is 10.2. The number of hydrogen-bond donors (Lipinski definition) is 1.